The van der Waals surface area contributed by atoms with Gasteiger partial charge in [0.2, 0.25) is 0 Å². The van der Waals surface area contributed by atoms with Gasteiger partial charge in [-0.3, -0.25) is 9.59 Å². The zero-order valence-corrected chi connectivity index (χ0v) is 13.9. The Hall–Kier alpha value is -1.20. The first-order valence-electron chi connectivity index (χ1n) is 7.88. The van der Waals surface area contributed by atoms with Gasteiger partial charge < -0.3 is 9.47 Å². The van der Waals surface area contributed by atoms with Crippen molar-refractivity contribution in [3.63, 3.8) is 0 Å². The van der Waals surface area contributed by atoms with E-state index in [2.05, 4.69) is 13.8 Å². The molecule has 22 heavy (non-hydrogen) atoms. The molecule has 1 aromatic heterocycles. The molecule has 4 nitrogen and oxygen atoms in total. The molecule has 1 aromatic rings. The maximum Gasteiger partial charge on any atom is 0.306 e. The first-order chi connectivity index (χ1) is 10.5. The van der Waals surface area contributed by atoms with Crippen molar-refractivity contribution in [2.24, 2.45) is 11.3 Å². The van der Waals surface area contributed by atoms with Gasteiger partial charge in [-0.1, -0.05) is 19.9 Å². The van der Waals surface area contributed by atoms with E-state index in [0.29, 0.717) is 10.8 Å². The summed E-state index contributed by atoms with van der Waals surface area (Å²) >= 11 is 1.41. The van der Waals surface area contributed by atoms with E-state index < -0.39 is 0 Å². The second-order valence-electron chi connectivity index (χ2n) is 6.73. The maximum absolute atomic E-state index is 12.1. The fraction of sp³-hybridized carbons (Fsp3) is 0.647. The fourth-order valence-corrected chi connectivity index (χ4v) is 4.39. The second-order valence-corrected chi connectivity index (χ2v) is 7.68. The molecule has 120 valence electrons. The Balaban J connectivity index is 1.50. The Kier molecular flexibility index (Phi) is 4.37. The largest absolute Gasteiger partial charge is 0.461 e. The van der Waals surface area contributed by atoms with Gasteiger partial charge in [0.1, 0.15) is 6.10 Å². The maximum atomic E-state index is 12.1. The molecule has 2 heterocycles. The highest BCUT2D eigenvalue weighted by Crippen LogP contribution is 2.53. The summed E-state index contributed by atoms with van der Waals surface area (Å²) in [7, 11) is 0. The lowest BCUT2D eigenvalue weighted by atomic mass is 9.57. The number of esters is 1. The average Bonchev–Trinajstić information content (AvgIpc) is 3.04. The summed E-state index contributed by atoms with van der Waals surface area (Å²) in [5.41, 5.74) is -0.126. The van der Waals surface area contributed by atoms with E-state index in [1.807, 2.05) is 11.4 Å². The second kappa shape index (κ2) is 6.13. The molecule has 1 saturated heterocycles. The van der Waals surface area contributed by atoms with Crippen molar-refractivity contribution in [3.8, 4) is 0 Å². The molecule has 0 N–H and O–H groups in total. The average molecular weight is 322 g/mol. The molecule has 0 aromatic carbocycles. The third-order valence-electron chi connectivity index (χ3n) is 4.83. The molecule has 2 aliphatic rings. The van der Waals surface area contributed by atoms with Gasteiger partial charge in [-0.15, -0.1) is 11.3 Å². The molecule has 5 heteroatoms. The topological polar surface area (TPSA) is 52.6 Å². The smallest absolute Gasteiger partial charge is 0.306 e. The van der Waals surface area contributed by atoms with Gasteiger partial charge >= 0.3 is 5.97 Å². The molecule has 2 fully saturated rings. The number of ether oxygens (including phenoxy) is 2. The number of thiophene rings is 1. The highest BCUT2D eigenvalue weighted by molar-refractivity contribution is 7.12. The number of rotatable bonds is 5. The van der Waals surface area contributed by atoms with E-state index in [9.17, 15) is 9.59 Å². The normalized spacial score (nSPS) is 29.3. The van der Waals surface area contributed by atoms with E-state index >= 15 is 0 Å². The SMILES string of the molecule is CC1(C)[C@@H]2OCCC[C@H]2[C@@H]1OC(=O)CCC(=O)c1cccs1. The molecular formula is C17H22O4S. The number of hydrogen-bond acceptors (Lipinski definition) is 5. The zero-order valence-electron chi connectivity index (χ0n) is 13.0. The Morgan fingerprint density at radius 3 is 2.95 bits per heavy atom. The van der Waals surface area contributed by atoms with Crippen molar-refractivity contribution in [3.05, 3.63) is 22.4 Å². The Morgan fingerprint density at radius 1 is 1.41 bits per heavy atom. The highest BCUT2D eigenvalue weighted by Gasteiger charge is 2.60. The fourth-order valence-electron chi connectivity index (χ4n) is 3.69. The number of Topliss-reactive ketones (excluding diaryl/α,β-unsaturated/α-hetero) is 1. The van der Waals surface area contributed by atoms with Crippen LogP contribution < -0.4 is 0 Å². The van der Waals surface area contributed by atoms with E-state index in [1.165, 1.54) is 11.3 Å². The number of ketones is 1. The van der Waals surface area contributed by atoms with E-state index in [1.54, 1.807) is 6.07 Å². The standard InChI is InChI=1S/C17H22O4S/c1-17(2)15-11(5-3-9-20-15)16(17)21-14(19)8-7-12(18)13-6-4-10-22-13/h4,6,10-11,15-16H,3,5,7-9H2,1-2H3/t11-,15-,16+/m1/s1. The molecule has 1 saturated carbocycles. The predicted molar refractivity (Wildman–Crippen MR) is 84.0 cm³/mol. The van der Waals surface area contributed by atoms with E-state index in [0.717, 1.165) is 19.4 Å². The number of fused-ring (bicyclic) bond motifs is 1. The predicted octanol–water partition coefficient (Wildman–Crippen LogP) is 3.46. The van der Waals surface area contributed by atoms with Crippen molar-refractivity contribution < 1.29 is 19.1 Å². The van der Waals surface area contributed by atoms with Gasteiger partial charge in [0.15, 0.2) is 5.78 Å². The number of carbonyl (C=O) groups excluding carboxylic acids is 2. The van der Waals surface area contributed by atoms with Crippen LogP contribution in [0, 0.1) is 11.3 Å². The molecule has 0 radical (unpaired) electrons. The minimum Gasteiger partial charge on any atom is -0.461 e. The summed E-state index contributed by atoms with van der Waals surface area (Å²) < 4.78 is 11.5. The first-order valence-corrected chi connectivity index (χ1v) is 8.76. The minimum absolute atomic E-state index is 0.0127. The van der Waals surface area contributed by atoms with Gasteiger partial charge in [-0.2, -0.15) is 0 Å². The van der Waals surface area contributed by atoms with Crippen LogP contribution in [0.4, 0.5) is 0 Å². The van der Waals surface area contributed by atoms with Crippen LogP contribution in [0.25, 0.3) is 0 Å². The van der Waals surface area contributed by atoms with E-state index in [4.69, 9.17) is 9.47 Å². The Labute approximate surface area is 134 Å². The highest BCUT2D eigenvalue weighted by atomic mass is 32.1. The van der Waals surface area contributed by atoms with Crippen LogP contribution in [0.15, 0.2) is 17.5 Å². The molecule has 1 aliphatic heterocycles. The zero-order chi connectivity index (χ0) is 15.7. The quantitative estimate of drug-likeness (QED) is 0.615. The summed E-state index contributed by atoms with van der Waals surface area (Å²) in [4.78, 5) is 24.7. The van der Waals surface area contributed by atoms with Crippen LogP contribution in [0.3, 0.4) is 0 Å². The molecule has 3 rings (SSSR count). The molecule has 1 aliphatic carbocycles. The molecule has 3 atom stereocenters. The third kappa shape index (κ3) is 2.84. The molecular weight excluding hydrogens is 300 g/mol. The lowest BCUT2D eigenvalue weighted by Crippen LogP contribution is -2.65. The van der Waals surface area contributed by atoms with Gasteiger partial charge in [0, 0.05) is 24.4 Å². The third-order valence-corrected chi connectivity index (χ3v) is 5.75. The Morgan fingerprint density at radius 2 is 2.23 bits per heavy atom. The molecule has 0 amide bonds. The Bertz CT molecular complexity index is 549. The minimum atomic E-state index is -0.271. The van der Waals surface area contributed by atoms with Crippen LogP contribution in [-0.4, -0.2) is 30.6 Å². The van der Waals surface area contributed by atoms with Gasteiger partial charge in [-0.25, -0.2) is 0 Å². The first kappa shape index (κ1) is 15.7. The van der Waals surface area contributed by atoms with Crippen molar-refractivity contribution in [2.75, 3.05) is 6.61 Å². The number of carbonyl (C=O) groups is 2. The van der Waals surface area contributed by atoms with Gasteiger partial charge in [0.25, 0.3) is 0 Å². The van der Waals surface area contributed by atoms with Gasteiger partial charge in [0.05, 0.1) is 17.4 Å². The molecule has 0 unspecified atom stereocenters. The lowest BCUT2D eigenvalue weighted by Gasteiger charge is -2.58. The molecule has 0 bridgehead atoms. The van der Waals surface area contributed by atoms with Crippen LogP contribution in [-0.2, 0) is 14.3 Å². The summed E-state index contributed by atoms with van der Waals surface area (Å²) in [6.45, 7) is 4.99. The van der Waals surface area contributed by atoms with Crippen LogP contribution in [0.5, 0.6) is 0 Å². The monoisotopic (exact) mass is 322 g/mol. The summed E-state index contributed by atoms with van der Waals surface area (Å²) in [6.07, 6.45) is 2.58. The summed E-state index contributed by atoms with van der Waals surface area (Å²) in [5, 5.41) is 1.87. The number of hydrogen-bond donors (Lipinski definition) is 0. The van der Waals surface area contributed by atoms with Crippen LogP contribution >= 0.6 is 11.3 Å². The van der Waals surface area contributed by atoms with Crippen LogP contribution in [0.2, 0.25) is 0 Å². The lowest BCUT2D eigenvalue weighted by molar-refractivity contribution is -0.254. The summed E-state index contributed by atoms with van der Waals surface area (Å²) in [6, 6.07) is 3.63. The van der Waals surface area contributed by atoms with Crippen LogP contribution in [0.1, 0.15) is 49.2 Å². The summed E-state index contributed by atoms with van der Waals surface area (Å²) in [5.74, 6) is 0.0615. The van der Waals surface area contributed by atoms with Crippen molar-refractivity contribution >= 4 is 23.1 Å². The van der Waals surface area contributed by atoms with Crippen molar-refractivity contribution in [1.82, 2.24) is 0 Å². The van der Waals surface area contributed by atoms with Crippen molar-refractivity contribution in [1.29, 1.82) is 0 Å². The van der Waals surface area contributed by atoms with E-state index in [-0.39, 0.29) is 42.2 Å². The van der Waals surface area contributed by atoms with Gasteiger partial charge in [-0.05, 0) is 24.3 Å². The van der Waals surface area contributed by atoms with Crippen molar-refractivity contribution in [2.45, 2.75) is 51.7 Å². The molecule has 0 spiro atoms.